The molecule has 44 heavy (non-hydrogen) atoms. The van der Waals surface area contributed by atoms with E-state index in [2.05, 4.69) is 29.2 Å². The van der Waals surface area contributed by atoms with Crippen LogP contribution in [0.3, 0.4) is 0 Å². The van der Waals surface area contributed by atoms with Gasteiger partial charge in [-0.1, -0.05) is 84.9 Å². The molecule has 0 spiro atoms. The van der Waals surface area contributed by atoms with E-state index in [-0.39, 0.29) is 0 Å². The normalized spacial score (nSPS) is 10.8. The van der Waals surface area contributed by atoms with Gasteiger partial charge in [-0.05, 0) is 59.7 Å². The molecule has 5 rings (SSSR count). The Morgan fingerprint density at radius 3 is 1.77 bits per heavy atom. The maximum atomic E-state index is 13.5. The summed E-state index contributed by atoms with van der Waals surface area (Å²) in [7, 11) is 0. The van der Waals surface area contributed by atoms with Crippen molar-refractivity contribution in [2.45, 2.75) is 13.1 Å². The molecule has 5 aromatic rings. The number of carbonyl (C=O) groups excluding carboxylic acids is 1. The number of hydrogen-bond acceptors (Lipinski definition) is 5. The average molecular weight is 587 g/mol. The Balaban J connectivity index is 1.23. The molecule has 0 heterocycles. The van der Waals surface area contributed by atoms with Crippen molar-refractivity contribution in [2.75, 3.05) is 24.6 Å². The number of ether oxygens (including phenoxy) is 2. The fraction of sp³-hybridized carbons (Fsp3) is 0.135. The van der Waals surface area contributed by atoms with Crippen LogP contribution in [0.1, 0.15) is 21.5 Å². The summed E-state index contributed by atoms with van der Waals surface area (Å²) in [4.78, 5) is 28.7. The van der Waals surface area contributed by atoms with Gasteiger partial charge in [-0.15, -0.1) is 0 Å². The van der Waals surface area contributed by atoms with Gasteiger partial charge in [-0.2, -0.15) is 0 Å². The first kappa shape index (κ1) is 30.1. The number of amides is 1. The minimum atomic E-state index is -1.12. The SMILES string of the molecule is O=C(O)CN(C(=O)c1ccc(OCCN(Cc2ccccc2)Cc2ccccc2)cc1)c1cccc(Oc2ccccc2)c1. The highest BCUT2D eigenvalue weighted by atomic mass is 16.5. The third kappa shape index (κ3) is 8.80. The molecule has 0 fully saturated rings. The summed E-state index contributed by atoms with van der Waals surface area (Å²) in [6.45, 7) is 2.27. The maximum Gasteiger partial charge on any atom is 0.323 e. The van der Waals surface area contributed by atoms with Gasteiger partial charge in [-0.3, -0.25) is 19.4 Å². The number of carboxylic acids is 1. The molecule has 0 aliphatic carbocycles. The lowest BCUT2D eigenvalue weighted by Gasteiger charge is -2.23. The lowest BCUT2D eigenvalue weighted by atomic mass is 10.1. The summed E-state index contributed by atoms with van der Waals surface area (Å²) < 4.78 is 11.9. The minimum Gasteiger partial charge on any atom is -0.492 e. The standard InChI is InChI=1S/C37H34N2O5/c40-36(41)28-39(32-15-10-18-35(25-32)44-34-16-8-3-9-17-34)37(42)31-19-21-33(22-20-31)43-24-23-38(26-29-11-4-1-5-12-29)27-30-13-6-2-7-14-30/h1-22,25H,23-24,26-28H2,(H,40,41). The molecule has 7 nitrogen and oxygen atoms in total. The van der Waals surface area contributed by atoms with Crippen LogP contribution in [-0.2, 0) is 17.9 Å². The molecule has 1 amide bonds. The molecule has 0 aromatic heterocycles. The zero-order chi connectivity index (χ0) is 30.6. The second-order valence-electron chi connectivity index (χ2n) is 10.3. The van der Waals surface area contributed by atoms with E-state index in [9.17, 15) is 14.7 Å². The number of benzene rings is 5. The van der Waals surface area contributed by atoms with Gasteiger partial charge in [0.05, 0.1) is 0 Å². The van der Waals surface area contributed by atoms with E-state index < -0.39 is 18.4 Å². The number of carboxylic acid groups (broad SMARTS) is 1. The van der Waals surface area contributed by atoms with E-state index in [0.717, 1.165) is 13.1 Å². The fourth-order valence-corrected chi connectivity index (χ4v) is 4.79. The predicted molar refractivity (Wildman–Crippen MR) is 171 cm³/mol. The Morgan fingerprint density at radius 2 is 1.18 bits per heavy atom. The van der Waals surface area contributed by atoms with E-state index in [1.54, 1.807) is 48.5 Å². The van der Waals surface area contributed by atoms with Crippen LogP contribution < -0.4 is 14.4 Å². The number of rotatable bonds is 14. The van der Waals surface area contributed by atoms with Gasteiger partial charge in [0, 0.05) is 37.0 Å². The highest BCUT2D eigenvalue weighted by Crippen LogP contribution is 2.27. The molecule has 7 heteroatoms. The molecule has 0 atom stereocenters. The number of anilines is 1. The second-order valence-corrected chi connectivity index (χ2v) is 10.3. The Bertz CT molecular complexity index is 1590. The van der Waals surface area contributed by atoms with Crippen LogP contribution >= 0.6 is 0 Å². The highest BCUT2D eigenvalue weighted by Gasteiger charge is 2.21. The Labute approximate surface area is 257 Å². The van der Waals surface area contributed by atoms with Gasteiger partial charge in [-0.25, -0.2) is 0 Å². The number of para-hydroxylation sites is 1. The molecular weight excluding hydrogens is 552 g/mol. The maximum absolute atomic E-state index is 13.5. The first-order valence-corrected chi connectivity index (χ1v) is 14.4. The van der Waals surface area contributed by atoms with Crippen molar-refractivity contribution >= 4 is 17.6 Å². The van der Waals surface area contributed by atoms with Crippen molar-refractivity contribution in [1.82, 2.24) is 4.90 Å². The molecule has 0 aliphatic rings. The van der Waals surface area contributed by atoms with Crippen molar-refractivity contribution in [2.24, 2.45) is 0 Å². The zero-order valence-corrected chi connectivity index (χ0v) is 24.3. The van der Waals surface area contributed by atoms with Crippen molar-refractivity contribution in [1.29, 1.82) is 0 Å². The zero-order valence-electron chi connectivity index (χ0n) is 24.3. The summed E-state index contributed by atoms with van der Waals surface area (Å²) in [5.74, 6) is 0.203. The van der Waals surface area contributed by atoms with Crippen LogP contribution in [0.4, 0.5) is 5.69 Å². The third-order valence-electron chi connectivity index (χ3n) is 6.92. The largest absolute Gasteiger partial charge is 0.492 e. The monoisotopic (exact) mass is 586 g/mol. The number of hydrogen-bond donors (Lipinski definition) is 1. The van der Waals surface area contributed by atoms with E-state index in [0.29, 0.717) is 41.7 Å². The average Bonchev–Trinajstić information content (AvgIpc) is 3.05. The van der Waals surface area contributed by atoms with Gasteiger partial charge in [0.2, 0.25) is 0 Å². The molecule has 0 saturated heterocycles. The highest BCUT2D eigenvalue weighted by molar-refractivity contribution is 6.08. The van der Waals surface area contributed by atoms with Crippen LogP contribution in [0, 0.1) is 0 Å². The molecule has 0 bridgehead atoms. The van der Waals surface area contributed by atoms with Crippen LogP contribution in [-0.4, -0.2) is 41.6 Å². The molecule has 0 unspecified atom stereocenters. The molecule has 1 N–H and O–H groups in total. The summed E-state index contributed by atoms with van der Waals surface area (Å²) in [6.07, 6.45) is 0. The lowest BCUT2D eigenvalue weighted by molar-refractivity contribution is -0.135. The molecule has 5 aromatic carbocycles. The smallest absolute Gasteiger partial charge is 0.323 e. The van der Waals surface area contributed by atoms with Crippen molar-refractivity contribution in [3.8, 4) is 17.2 Å². The Morgan fingerprint density at radius 1 is 0.614 bits per heavy atom. The van der Waals surface area contributed by atoms with E-state index in [1.807, 2.05) is 66.7 Å². The lowest BCUT2D eigenvalue weighted by Crippen LogP contribution is -2.35. The molecule has 222 valence electrons. The minimum absolute atomic E-state index is 0.350. The van der Waals surface area contributed by atoms with Crippen LogP contribution in [0.5, 0.6) is 17.2 Å². The first-order chi connectivity index (χ1) is 21.5. The van der Waals surface area contributed by atoms with Gasteiger partial charge in [0.1, 0.15) is 30.4 Å². The van der Waals surface area contributed by atoms with Crippen molar-refractivity contribution in [3.63, 3.8) is 0 Å². The van der Waals surface area contributed by atoms with E-state index in [1.165, 1.54) is 16.0 Å². The van der Waals surface area contributed by atoms with Gasteiger partial charge in [0.25, 0.3) is 5.91 Å². The van der Waals surface area contributed by atoms with Crippen molar-refractivity contribution < 1.29 is 24.2 Å². The quantitative estimate of drug-likeness (QED) is 0.147. The van der Waals surface area contributed by atoms with Gasteiger partial charge < -0.3 is 14.6 Å². The summed E-state index contributed by atoms with van der Waals surface area (Å²) in [5, 5.41) is 9.57. The Hall–Kier alpha value is -5.40. The topological polar surface area (TPSA) is 79.3 Å². The molecule has 0 radical (unpaired) electrons. The number of nitrogens with zero attached hydrogens (tertiary/aromatic N) is 2. The van der Waals surface area contributed by atoms with Crippen LogP contribution in [0.15, 0.2) is 140 Å². The number of carbonyl (C=O) groups is 2. The Kier molecular flexibility index (Phi) is 10.4. The number of aliphatic carboxylic acids is 1. The van der Waals surface area contributed by atoms with Gasteiger partial charge in [0.15, 0.2) is 0 Å². The van der Waals surface area contributed by atoms with Crippen LogP contribution in [0.25, 0.3) is 0 Å². The van der Waals surface area contributed by atoms with E-state index in [4.69, 9.17) is 9.47 Å². The van der Waals surface area contributed by atoms with E-state index >= 15 is 0 Å². The molecule has 0 saturated carbocycles. The predicted octanol–water partition coefficient (Wildman–Crippen LogP) is 7.29. The van der Waals surface area contributed by atoms with Crippen molar-refractivity contribution in [3.05, 3.63) is 156 Å². The van der Waals surface area contributed by atoms with Crippen LogP contribution in [0.2, 0.25) is 0 Å². The fourth-order valence-electron chi connectivity index (χ4n) is 4.79. The summed E-state index contributed by atoms with van der Waals surface area (Å²) in [6, 6.07) is 43.5. The second kappa shape index (κ2) is 15.2. The third-order valence-corrected chi connectivity index (χ3v) is 6.92. The first-order valence-electron chi connectivity index (χ1n) is 14.4. The van der Waals surface area contributed by atoms with Gasteiger partial charge >= 0.3 is 5.97 Å². The molecule has 0 aliphatic heterocycles. The summed E-state index contributed by atoms with van der Waals surface area (Å²) >= 11 is 0. The molecular formula is C37H34N2O5. The summed E-state index contributed by atoms with van der Waals surface area (Å²) in [5.41, 5.74) is 3.23.